The number of fused-ring (bicyclic) bond motifs is 3. The lowest BCUT2D eigenvalue weighted by Gasteiger charge is -2.29. The number of benzene rings is 2. The summed E-state index contributed by atoms with van der Waals surface area (Å²) < 4.78 is 2.55. The van der Waals surface area contributed by atoms with Crippen molar-refractivity contribution in [2.45, 2.75) is 25.7 Å². The number of hydrogen-bond donors (Lipinski definition) is 1. The van der Waals surface area contributed by atoms with Gasteiger partial charge < -0.3 is 5.32 Å². The second-order valence-electron chi connectivity index (χ2n) is 8.51. The molecule has 0 spiro atoms. The first kappa shape index (κ1) is 19.3. The van der Waals surface area contributed by atoms with E-state index in [1.807, 2.05) is 42.5 Å². The van der Waals surface area contributed by atoms with Gasteiger partial charge in [0.2, 0.25) is 0 Å². The molecule has 0 unspecified atom stereocenters. The Labute approximate surface area is 179 Å². The van der Waals surface area contributed by atoms with Crippen LogP contribution < -0.4 is 16.6 Å². The number of nitrogens with zero attached hydrogens (tertiary/aromatic N) is 2. The van der Waals surface area contributed by atoms with Crippen LogP contribution in [0, 0.1) is 0 Å². The highest BCUT2D eigenvalue weighted by Crippen LogP contribution is 2.47. The molecular formula is C25H23N3O3. The molecule has 1 aromatic heterocycles. The van der Waals surface area contributed by atoms with Gasteiger partial charge in [-0.3, -0.25) is 18.7 Å². The summed E-state index contributed by atoms with van der Waals surface area (Å²) in [5.41, 5.74) is 4.30. The van der Waals surface area contributed by atoms with E-state index in [1.165, 1.54) is 17.2 Å². The topological polar surface area (TPSA) is 73.1 Å². The maximum atomic E-state index is 13.5. The van der Waals surface area contributed by atoms with Gasteiger partial charge in [-0.1, -0.05) is 62.4 Å². The predicted octanol–water partition coefficient (Wildman–Crippen LogP) is 3.37. The number of hydrogen-bond acceptors (Lipinski definition) is 4. The Bertz CT molecular complexity index is 1410. The molecule has 2 heterocycles. The summed E-state index contributed by atoms with van der Waals surface area (Å²) in [7, 11) is 3.11. The second kappa shape index (κ2) is 6.67. The first-order valence-electron chi connectivity index (χ1n) is 10.4. The van der Waals surface area contributed by atoms with Crippen LogP contribution in [0.5, 0.6) is 0 Å². The average Bonchev–Trinajstić information content (AvgIpc) is 3.07. The van der Waals surface area contributed by atoms with Crippen LogP contribution in [0.3, 0.4) is 0 Å². The highest BCUT2D eigenvalue weighted by atomic mass is 16.2. The number of rotatable bonds is 2. The molecule has 6 nitrogen and oxygen atoms in total. The van der Waals surface area contributed by atoms with E-state index < -0.39 is 11.6 Å². The fourth-order valence-corrected chi connectivity index (χ4v) is 4.66. The van der Waals surface area contributed by atoms with Crippen LogP contribution in [0.2, 0.25) is 0 Å². The normalized spacial score (nSPS) is 16.8. The molecule has 5 rings (SSSR count). The number of aromatic nitrogens is 2. The molecule has 0 amide bonds. The van der Waals surface area contributed by atoms with Gasteiger partial charge in [0.25, 0.3) is 5.56 Å². The van der Waals surface area contributed by atoms with Crippen LogP contribution in [-0.4, -0.2) is 14.9 Å². The fraction of sp³-hybridized carbons (Fsp3) is 0.240. The number of anilines is 1. The second-order valence-corrected chi connectivity index (χ2v) is 8.51. The van der Waals surface area contributed by atoms with Crippen molar-refractivity contribution in [3.8, 4) is 0 Å². The van der Waals surface area contributed by atoms with Gasteiger partial charge in [0.1, 0.15) is 5.82 Å². The first-order valence-corrected chi connectivity index (χ1v) is 10.4. The maximum Gasteiger partial charge on any atom is 0.332 e. The summed E-state index contributed by atoms with van der Waals surface area (Å²) in [5.74, 6) is 0.167. The molecule has 0 radical (unpaired) electrons. The number of ketones is 1. The van der Waals surface area contributed by atoms with Crippen molar-refractivity contribution in [1.82, 2.24) is 9.13 Å². The number of carbonyl (C=O) groups excluding carboxylic acids is 1. The van der Waals surface area contributed by atoms with Crippen molar-refractivity contribution < 1.29 is 4.79 Å². The monoisotopic (exact) mass is 413 g/mol. The molecule has 0 saturated carbocycles. The molecule has 0 fully saturated rings. The van der Waals surface area contributed by atoms with E-state index in [2.05, 4.69) is 19.2 Å². The van der Waals surface area contributed by atoms with E-state index in [4.69, 9.17) is 0 Å². The number of nitrogens with one attached hydrogen (secondary N) is 1. The first-order chi connectivity index (χ1) is 14.8. The van der Waals surface area contributed by atoms with Crippen LogP contribution in [0.25, 0.3) is 5.70 Å². The van der Waals surface area contributed by atoms with Crippen LogP contribution in [-0.2, 0) is 14.1 Å². The Balaban J connectivity index is 1.84. The van der Waals surface area contributed by atoms with E-state index in [0.29, 0.717) is 34.1 Å². The standard InChI is InChI=1S/C25H23N3O3/c1-13(2)14-9-11-15(12-10-14)18-19-21(16-7-5-6-8-17(16)22(19)29)26-23-20(18)24(30)28(4)25(31)27(23)3/h5-13,18,26H,1-4H3/t18-/m1/s1. The molecule has 1 N–H and O–H groups in total. The molecule has 0 saturated heterocycles. The lowest BCUT2D eigenvalue weighted by atomic mass is 9.81. The Morgan fingerprint density at radius 1 is 0.871 bits per heavy atom. The van der Waals surface area contributed by atoms with Gasteiger partial charge >= 0.3 is 5.69 Å². The highest BCUT2D eigenvalue weighted by molar-refractivity contribution is 6.23. The molecule has 3 aromatic rings. The zero-order valence-corrected chi connectivity index (χ0v) is 17.9. The van der Waals surface area contributed by atoms with Gasteiger partial charge in [0.05, 0.1) is 11.3 Å². The van der Waals surface area contributed by atoms with Crippen LogP contribution in [0.1, 0.15) is 58.3 Å². The Hall–Kier alpha value is -3.67. The third-order valence-electron chi connectivity index (χ3n) is 6.41. The van der Waals surface area contributed by atoms with E-state index >= 15 is 0 Å². The van der Waals surface area contributed by atoms with E-state index in [9.17, 15) is 14.4 Å². The maximum absolute atomic E-state index is 13.5. The van der Waals surface area contributed by atoms with Crippen LogP contribution in [0.4, 0.5) is 5.82 Å². The third-order valence-corrected chi connectivity index (χ3v) is 6.41. The Morgan fingerprint density at radius 2 is 1.52 bits per heavy atom. The number of allylic oxidation sites excluding steroid dienone is 1. The molecule has 2 aromatic carbocycles. The van der Waals surface area contributed by atoms with Gasteiger partial charge in [-0.2, -0.15) is 0 Å². The van der Waals surface area contributed by atoms with Crippen molar-refractivity contribution >= 4 is 17.3 Å². The summed E-state index contributed by atoms with van der Waals surface area (Å²) in [4.78, 5) is 39.4. The lowest BCUT2D eigenvalue weighted by Crippen LogP contribution is -2.42. The lowest BCUT2D eigenvalue weighted by molar-refractivity contribution is 0.103. The van der Waals surface area contributed by atoms with Crippen molar-refractivity contribution in [3.05, 3.63) is 103 Å². The highest BCUT2D eigenvalue weighted by Gasteiger charge is 2.42. The molecule has 6 heteroatoms. The van der Waals surface area contributed by atoms with Gasteiger partial charge in [-0.15, -0.1) is 0 Å². The van der Waals surface area contributed by atoms with E-state index in [0.717, 1.165) is 15.7 Å². The average molecular weight is 413 g/mol. The van der Waals surface area contributed by atoms with Gasteiger partial charge in [0, 0.05) is 36.7 Å². The Morgan fingerprint density at radius 3 is 2.16 bits per heavy atom. The summed E-state index contributed by atoms with van der Waals surface area (Å²) in [6.07, 6.45) is 0. The molecule has 0 bridgehead atoms. The molecule has 1 atom stereocenters. The zero-order valence-electron chi connectivity index (χ0n) is 17.9. The minimum absolute atomic E-state index is 0.0856. The van der Waals surface area contributed by atoms with Crippen molar-refractivity contribution in [3.63, 3.8) is 0 Å². The smallest absolute Gasteiger partial charge is 0.332 e. The van der Waals surface area contributed by atoms with Gasteiger partial charge in [0.15, 0.2) is 5.78 Å². The van der Waals surface area contributed by atoms with Crippen LogP contribution in [0.15, 0.2) is 63.7 Å². The SMILES string of the molecule is CC(C)c1ccc([C@@H]2C3=C(Nc4c2c(=O)n(C)c(=O)n4C)c2ccccc2C3=O)cc1. The summed E-state index contributed by atoms with van der Waals surface area (Å²) in [6.45, 7) is 4.25. The predicted molar refractivity (Wildman–Crippen MR) is 121 cm³/mol. The molecular weight excluding hydrogens is 390 g/mol. The third kappa shape index (κ3) is 2.61. The van der Waals surface area contributed by atoms with Crippen molar-refractivity contribution in [1.29, 1.82) is 0 Å². The Kier molecular flexibility index (Phi) is 4.15. The van der Waals surface area contributed by atoms with Gasteiger partial charge in [-0.05, 0) is 17.0 Å². The molecule has 31 heavy (non-hydrogen) atoms. The molecule has 2 aliphatic rings. The summed E-state index contributed by atoms with van der Waals surface area (Å²) >= 11 is 0. The molecule has 1 aliphatic heterocycles. The number of carbonyl (C=O) groups is 1. The van der Waals surface area contributed by atoms with E-state index in [1.54, 1.807) is 13.1 Å². The molecule has 156 valence electrons. The van der Waals surface area contributed by atoms with Gasteiger partial charge in [-0.25, -0.2) is 4.79 Å². The summed E-state index contributed by atoms with van der Waals surface area (Å²) in [6, 6.07) is 15.5. The quantitative estimate of drug-likeness (QED) is 0.699. The molecule has 1 aliphatic carbocycles. The van der Waals surface area contributed by atoms with Crippen molar-refractivity contribution in [2.75, 3.05) is 5.32 Å². The minimum Gasteiger partial charge on any atom is -0.340 e. The summed E-state index contributed by atoms with van der Waals surface area (Å²) in [5, 5.41) is 3.26. The largest absolute Gasteiger partial charge is 0.340 e. The number of Topliss-reactive ketones (excluding diaryl/α,β-unsaturated/α-hetero) is 1. The van der Waals surface area contributed by atoms with Crippen LogP contribution >= 0.6 is 0 Å². The fourth-order valence-electron chi connectivity index (χ4n) is 4.66. The van der Waals surface area contributed by atoms with E-state index in [-0.39, 0.29) is 11.3 Å². The van der Waals surface area contributed by atoms with Crippen molar-refractivity contribution in [2.24, 2.45) is 14.1 Å². The minimum atomic E-state index is -0.558. The zero-order chi connectivity index (χ0) is 22.0.